The molecule has 1 N–H and O–H groups in total. The molecule has 0 atom stereocenters. The molecule has 1 aromatic carbocycles. The van der Waals surface area contributed by atoms with Gasteiger partial charge in [-0.25, -0.2) is 0 Å². The third-order valence-electron chi connectivity index (χ3n) is 4.37. The molecule has 6 heteroatoms. The molecule has 25 heavy (non-hydrogen) atoms. The van der Waals surface area contributed by atoms with Crippen LogP contribution in [0.15, 0.2) is 34.9 Å². The van der Waals surface area contributed by atoms with Crippen LogP contribution in [0.3, 0.4) is 0 Å². The average molecular weight is 363 g/mol. The molecule has 0 aliphatic heterocycles. The molecule has 0 bridgehead atoms. The molecule has 1 aliphatic rings. The van der Waals surface area contributed by atoms with Crippen LogP contribution in [-0.4, -0.2) is 30.3 Å². The van der Waals surface area contributed by atoms with E-state index in [9.17, 15) is 4.79 Å². The summed E-state index contributed by atoms with van der Waals surface area (Å²) in [6.07, 6.45) is 2.61. The van der Waals surface area contributed by atoms with Gasteiger partial charge in [0.1, 0.15) is 0 Å². The van der Waals surface area contributed by atoms with Gasteiger partial charge in [0.15, 0.2) is 5.76 Å². The molecule has 2 aromatic rings. The molecule has 1 saturated carbocycles. The van der Waals surface area contributed by atoms with Crippen molar-refractivity contribution in [3.05, 3.63) is 41.0 Å². The second-order valence-corrected chi connectivity index (χ2v) is 7.13. The van der Waals surface area contributed by atoms with Crippen molar-refractivity contribution in [1.29, 1.82) is 0 Å². The summed E-state index contributed by atoms with van der Waals surface area (Å²) in [6.45, 7) is 5.26. The van der Waals surface area contributed by atoms with Gasteiger partial charge >= 0.3 is 0 Å². The van der Waals surface area contributed by atoms with Crippen molar-refractivity contribution >= 4 is 17.5 Å². The molecular weight excluding hydrogens is 340 g/mol. The van der Waals surface area contributed by atoms with Gasteiger partial charge in [0.2, 0.25) is 5.91 Å². The summed E-state index contributed by atoms with van der Waals surface area (Å²) in [7, 11) is 0. The van der Waals surface area contributed by atoms with E-state index >= 15 is 0 Å². The molecule has 0 saturated heterocycles. The van der Waals surface area contributed by atoms with E-state index in [0.29, 0.717) is 29.6 Å². The number of nitrogens with one attached hydrogen (secondary N) is 1. The largest absolute Gasteiger partial charge is 0.379 e. The predicted octanol–water partition coefficient (Wildman–Crippen LogP) is 3.96. The third kappa shape index (κ3) is 4.22. The Bertz CT molecular complexity index is 721. The van der Waals surface area contributed by atoms with E-state index in [-0.39, 0.29) is 12.0 Å². The number of amides is 1. The molecule has 1 fully saturated rings. The Kier molecular flexibility index (Phi) is 5.45. The second-order valence-electron chi connectivity index (χ2n) is 6.69. The molecule has 1 heterocycles. The first-order valence-electron chi connectivity index (χ1n) is 8.64. The van der Waals surface area contributed by atoms with Gasteiger partial charge in [-0.1, -0.05) is 16.8 Å². The standard InChI is InChI=1S/C19H23ClN2O3/c1-13(2)24-11-3-10-21-18(23)19(8-9-19)17-12-16(25-22-17)14-4-6-15(20)7-5-14/h4-7,12-13H,3,8-11H2,1-2H3,(H,21,23). The van der Waals surface area contributed by atoms with Gasteiger partial charge in [-0.05, 0) is 57.4 Å². The van der Waals surface area contributed by atoms with Crippen LogP contribution in [0.5, 0.6) is 0 Å². The first-order valence-corrected chi connectivity index (χ1v) is 9.02. The molecule has 1 aliphatic carbocycles. The first kappa shape index (κ1) is 18.0. The predicted molar refractivity (Wildman–Crippen MR) is 96.6 cm³/mol. The number of benzene rings is 1. The smallest absolute Gasteiger partial charge is 0.232 e. The molecule has 3 rings (SSSR count). The van der Waals surface area contributed by atoms with Crippen LogP contribution in [-0.2, 0) is 14.9 Å². The van der Waals surface area contributed by atoms with E-state index in [1.54, 1.807) is 12.1 Å². The summed E-state index contributed by atoms with van der Waals surface area (Å²) in [5.74, 6) is 0.670. The van der Waals surface area contributed by atoms with Gasteiger partial charge < -0.3 is 14.6 Å². The average Bonchev–Trinajstić information content (AvgIpc) is 3.25. The van der Waals surface area contributed by atoms with Crippen LogP contribution in [0.2, 0.25) is 5.02 Å². The highest BCUT2D eigenvalue weighted by molar-refractivity contribution is 6.30. The van der Waals surface area contributed by atoms with Crippen LogP contribution in [0.1, 0.15) is 38.8 Å². The maximum atomic E-state index is 12.6. The Morgan fingerprint density at radius 2 is 2.08 bits per heavy atom. The Hall–Kier alpha value is -1.85. The number of hydrogen-bond donors (Lipinski definition) is 1. The number of nitrogens with zero attached hydrogens (tertiary/aromatic N) is 1. The van der Waals surface area contributed by atoms with Crippen molar-refractivity contribution in [2.45, 2.75) is 44.6 Å². The van der Waals surface area contributed by atoms with E-state index in [1.807, 2.05) is 32.0 Å². The van der Waals surface area contributed by atoms with Gasteiger partial charge in [0.25, 0.3) is 0 Å². The van der Waals surface area contributed by atoms with Crippen LogP contribution >= 0.6 is 11.6 Å². The van der Waals surface area contributed by atoms with Crippen molar-refractivity contribution in [2.75, 3.05) is 13.2 Å². The number of aromatic nitrogens is 1. The van der Waals surface area contributed by atoms with Crippen LogP contribution < -0.4 is 5.32 Å². The molecule has 1 amide bonds. The fraction of sp³-hybridized carbons (Fsp3) is 0.474. The van der Waals surface area contributed by atoms with Gasteiger partial charge in [0.05, 0.1) is 17.2 Å². The van der Waals surface area contributed by atoms with Gasteiger partial charge in [0, 0.05) is 29.8 Å². The van der Waals surface area contributed by atoms with Gasteiger partial charge in [-0.2, -0.15) is 0 Å². The quantitative estimate of drug-likeness (QED) is 0.722. The lowest BCUT2D eigenvalue weighted by Gasteiger charge is -2.13. The molecule has 1 aromatic heterocycles. The summed E-state index contributed by atoms with van der Waals surface area (Å²) in [5, 5.41) is 7.81. The minimum atomic E-state index is -0.535. The molecule has 0 spiro atoms. The van der Waals surface area contributed by atoms with Crippen molar-refractivity contribution in [1.82, 2.24) is 10.5 Å². The number of halogens is 1. The van der Waals surface area contributed by atoms with Crippen molar-refractivity contribution in [3.63, 3.8) is 0 Å². The minimum absolute atomic E-state index is 0.0213. The summed E-state index contributed by atoms with van der Waals surface area (Å²) in [6, 6.07) is 9.22. The van der Waals surface area contributed by atoms with Crippen molar-refractivity contribution in [3.8, 4) is 11.3 Å². The zero-order valence-corrected chi connectivity index (χ0v) is 15.3. The summed E-state index contributed by atoms with van der Waals surface area (Å²) in [4.78, 5) is 12.6. The lowest BCUT2D eigenvalue weighted by molar-refractivity contribution is -0.123. The van der Waals surface area contributed by atoms with E-state index in [2.05, 4.69) is 10.5 Å². The maximum Gasteiger partial charge on any atom is 0.232 e. The Morgan fingerprint density at radius 3 is 2.72 bits per heavy atom. The number of rotatable bonds is 8. The lowest BCUT2D eigenvalue weighted by Crippen LogP contribution is -2.35. The van der Waals surface area contributed by atoms with Crippen LogP contribution in [0.25, 0.3) is 11.3 Å². The van der Waals surface area contributed by atoms with E-state index in [4.69, 9.17) is 20.9 Å². The molecule has 0 radical (unpaired) electrons. The third-order valence-corrected chi connectivity index (χ3v) is 4.62. The molecular formula is C19H23ClN2O3. The summed E-state index contributed by atoms with van der Waals surface area (Å²) >= 11 is 5.91. The molecule has 134 valence electrons. The summed E-state index contributed by atoms with van der Waals surface area (Å²) < 4.78 is 10.9. The number of carbonyl (C=O) groups is 1. The first-order chi connectivity index (χ1) is 12.0. The van der Waals surface area contributed by atoms with Crippen LogP contribution in [0.4, 0.5) is 0 Å². The van der Waals surface area contributed by atoms with Gasteiger partial charge in [-0.15, -0.1) is 0 Å². The highest BCUT2D eigenvalue weighted by atomic mass is 35.5. The minimum Gasteiger partial charge on any atom is -0.379 e. The monoisotopic (exact) mass is 362 g/mol. The van der Waals surface area contributed by atoms with E-state index in [1.165, 1.54) is 0 Å². The number of ether oxygens (including phenoxy) is 1. The normalized spacial score (nSPS) is 15.4. The van der Waals surface area contributed by atoms with Crippen molar-refractivity contribution < 1.29 is 14.1 Å². The molecule has 0 unspecified atom stereocenters. The van der Waals surface area contributed by atoms with E-state index in [0.717, 1.165) is 24.8 Å². The van der Waals surface area contributed by atoms with Crippen molar-refractivity contribution in [2.24, 2.45) is 0 Å². The molecule has 5 nitrogen and oxygen atoms in total. The highest BCUT2D eigenvalue weighted by Crippen LogP contribution is 2.48. The maximum absolute atomic E-state index is 12.6. The highest BCUT2D eigenvalue weighted by Gasteiger charge is 2.53. The fourth-order valence-electron chi connectivity index (χ4n) is 2.74. The topological polar surface area (TPSA) is 64.4 Å². The fourth-order valence-corrected chi connectivity index (χ4v) is 2.86. The zero-order chi connectivity index (χ0) is 17.9. The Balaban J connectivity index is 1.59. The van der Waals surface area contributed by atoms with Crippen LogP contribution in [0, 0.1) is 0 Å². The summed E-state index contributed by atoms with van der Waals surface area (Å²) in [5.41, 5.74) is 1.06. The SMILES string of the molecule is CC(C)OCCCNC(=O)C1(c2cc(-c3ccc(Cl)cc3)on2)CC1. The Morgan fingerprint density at radius 1 is 1.36 bits per heavy atom. The second kappa shape index (κ2) is 7.58. The Labute approximate surface area is 152 Å². The number of hydrogen-bond acceptors (Lipinski definition) is 4. The zero-order valence-electron chi connectivity index (χ0n) is 14.5. The number of carbonyl (C=O) groups excluding carboxylic acids is 1. The van der Waals surface area contributed by atoms with Gasteiger partial charge in [-0.3, -0.25) is 4.79 Å². The van der Waals surface area contributed by atoms with E-state index < -0.39 is 5.41 Å². The lowest BCUT2D eigenvalue weighted by atomic mass is 10.0.